The van der Waals surface area contributed by atoms with E-state index >= 15 is 0 Å². The molecule has 1 saturated heterocycles. The molecule has 1 rings (SSSR count). The molecule has 1 atom stereocenters. The van der Waals surface area contributed by atoms with Crippen LogP contribution in [0.25, 0.3) is 0 Å². The van der Waals surface area contributed by atoms with E-state index in [4.69, 9.17) is 9.47 Å². The van der Waals surface area contributed by atoms with Crippen LogP contribution < -0.4 is 0 Å². The molecule has 13 heavy (non-hydrogen) atoms. The van der Waals surface area contributed by atoms with Crippen LogP contribution in [0.2, 0.25) is 0 Å². The molecule has 76 valence electrons. The summed E-state index contributed by atoms with van der Waals surface area (Å²) < 4.78 is 10.00. The van der Waals surface area contributed by atoms with E-state index in [-0.39, 0.29) is 12.4 Å². The van der Waals surface area contributed by atoms with E-state index < -0.39 is 0 Å². The minimum Gasteiger partial charge on any atom is -0.380 e. The van der Waals surface area contributed by atoms with Crippen LogP contribution in [0, 0.1) is 0 Å². The van der Waals surface area contributed by atoms with Crippen LogP contribution in [0.4, 0.5) is 0 Å². The first-order valence-corrected chi connectivity index (χ1v) is 4.52. The molecule has 0 amide bonds. The van der Waals surface area contributed by atoms with Gasteiger partial charge in [-0.05, 0) is 13.5 Å². The van der Waals surface area contributed by atoms with E-state index in [0.29, 0.717) is 12.6 Å². The maximum atomic E-state index is 11.2. The lowest BCUT2D eigenvalue weighted by Gasteiger charge is -2.21. The predicted octanol–water partition coefficient (Wildman–Crippen LogP) is -0.0774. The van der Waals surface area contributed by atoms with Crippen molar-refractivity contribution in [2.45, 2.75) is 12.5 Å². The second-order valence-electron chi connectivity index (χ2n) is 3.40. The number of likely N-dealkylation sites (N-methyl/N-ethyl adjacent to an activating group) is 1. The zero-order chi connectivity index (χ0) is 9.68. The Hall–Kier alpha value is -0.450. The molecule has 0 aromatic carbocycles. The molecular formula is C9H17NO3. The van der Waals surface area contributed by atoms with Crippen molar-refractivity contribution in [2.24, 2.45) is 0 Å². The molecule has 1 unspecified atom stereocenters. The van der Waals surface area contributed by atoms with Gasteiger partial charge in [-0.25, -0.2) is 0 Å². The van der Waals surface area contributed by atoms with Gasteiger partial charge in [-0.1, -0.05) is 0 Å². The third-order valence-electron chi connectivity index (χ3n) is 2.26. The van der Waals surface area contributed by atoms with Crippen LogP contribution in [-0.2, 0) is 14.3 Å². The molecule has 0 spiro atoms. The van der Waals surface area contributed by atoms with Crippen LogP contribution in [-0.4, -0.2) is 57.2 Å². The van der Waals surface area contributed by atoms with E-state index in [1.54, 1.807) is 0 Å². The minimum absolute atomic E-state index is 0.122. The summed E-state index contributed by atoms with van der Waals surface area (Å²) in [6.45, 7) is 2.23. The molecule has 4 heteroatoms. The Kier molecular flexibility index (Phi) is 4.35. The normalized spacial score (nSPS) is 22.5. The van der Waals surface area contributed by atoms with Crippen LogP contribution in [0.1, 0.15) is 6.42 Å². The molecule has 1 heterocycles. The van der Waals surface area contributed by atoms with Gasteiger partial charge in [0, 0.05) is 19.8 Å². The smallest absolute Gasteiger partial charge is 0.172 e. The summed E-state index contributed by atoms with van der Waals surface area (Å²) in [6.07, 6.45) is 1.02. The number of rotatable bonds is 5. The van der Waals surface area contributed by atoms with Crippen molar-refractivity contribution in [3.8, 4) is 0 Å². The lowest BCUT2D eigenvalue weighted by atomic mass is 10.2. The van der Waals surface area contributed by atoms with Crippen LogP contribution in [0.15, 0.2) is 0 Å². The summed E-state index contributed by atoms with van der Waals surface area (Å²) in [5.74, 6) is 0.122. The zero-order valence-electron chi connectivity index (χ0n) is 8.28. The van der Waals surface area contributed by atoms with Gasteiger partial charge in [-0.3, -0.25) is 9.69 Å². The second kappa shape index (κ2) is 5.32. The third kappa shape index (κ3) is 3.42. The van der Waals surface area contributed by atoms with Gasteiger partial charge in [-0.2, -0.15) is 0 Å². The number of nitrogens with zero attached hydrogens (tertiary/aromatic N) is 1. The number of hydrogen-bond donors (Lipinski definition) is 0. The molecule has 1 aliphatic heterocycles. The van der Waals surface area contributed by atoms with Gasteiger partial charge in [0.15, 0.2) is 5.78 Å². The lowest BCUT2D eigenvalue weighted by Crippen LogP contribution is -2.37. The molecular weight excluding hydrogens is 170 g/mol. The second-order valence-corrected chi connectivity index (χ2v) is 3.40. The standard InChI is InChI=1S/C9H17NO3/c1-10(5-9(11)7-12-2)8-3-4-13-6-8/h8H,3-7H2,1-2H3. The van der Waals surface area contributed by atoms with E-state index in [2.05, 4.69) is 0 Å². The topological polar surface area (TPSA) is 38.8 Å². The average Bonchev–Trinajstić information content (AvgIpc) is 2.55. The molecule has 0 N–H and O–H groups in total. The highest BCUT2D eigenvalue weighted by Crippen LogP contribution is 2.09. The fourth-order valence-corrected chi connectivity index (χ4v) is 1.48. The Morgan fingerprint density at radius 1 is 1.69 bits per heavy atom. The Morgan fingerprint density at radius 2 is 2.46 bits per heavy atom. The van der Waals surface area contributed by atoms with Crippen molar-refractivity contribution < 1.29 is 14.3 Å². The van der Waals surface area contributed by atoms with Gasteiger partial charge in [0.2, 0.25) is 0 Å². The van der Waals surface area contributed by atoms with Gasteiger partial charge < -0.3 is 9.47 Å². The third-order valence-corrected chi connectivity index (χ3v) is 2.26. The van der Waals surface area contributed by atoms with Crippen LogP contribution >= 0.6 is 0 Å². The van der Waals surface area contributed by atoms with Crippen molar-refractivity contribution in [3.05, 3.63) is 0 Å². The van der Waals surface area contributed by atoms with Crippen LogP contribution in [0.3, 0.4) is 0 Å². The SMILES string of the molecule is COCC(=O)CN(C)C1CCOC1. The van der Waals surface area contributed by atoms with Gasteiger partial charge in [-0.15, -0.1) is 0 Å². The average molecular weight is 187 g/mol. The Morgan fingerprint density at radius 3 is 3.00 bits per heavy atom. The van der Waals surface area contributed by atoms with Gasteiger partial charge >= 0.3 is 0 Å². The fraction of sp³-hybridized carbons (Fsp3) is 0.889. The van der Waals surface area contributed by atoms with Crippen LogP contribution in [0.5, 0.6) is 0 Å². The molecule has 1 aliphatic rings. The van der Waals surface area contributed by atoms with E-state index in [1.807, 2.05) is 11.9 Å². The summed E-state index contributed by atoms with van der Waals surface area (Å²) in [5.41, 5.74) is 0. The summed E-state index contributed by atoms with van der Waals surface area (Å²) in [6, 6.07) is 0.404. The first-order chi connectivity index (χ1) is 6.24. The number of ether oxygens (including phenoxy) is 2. The van der Waals surface area contributed by atoms with Gasteiger partial charge in [0.25, 0.3) is 0 Å². The molecule has 0 saturated carbocycles. The maximum Gasteiger partial charge on any atom is 0.172 e. The van der Waals surface area contributed by atoms with E-state index in [0.717, 1.165) is 19.6 Å². The highest BCUT2D eigenvalue weighted by atomic mass is 16.5. The van der Waals surface area contributed by atoms with Crippen molar-refractivity contribution in [1.82, 2.24) is 4.90 Å². The van der Waals surface area contributed by atoms with Crippen molar-refractivity contribution >= 4 is 5.78 Å². The maximum absolute atomic E-state index is 11.2. The number of carbonyl (C=O) groups is 1. The largest absolute Gasteiger partial charge is 0.380 e. The van der Waals surface area contributed by atoms with Gasteiger partial charge in [0.05, 0.1) is 13.2 Å². The molecule has 0 aromatic rings. The number of methoxy groups -OCH3 is 1. The monoisotopic (exact) mass is 187 g/mol. The molecule has 0 aromatic heterocycles. The number of Topliss-reactive ketones (excluding diaryl/α,β-unsaturated/α-hetero) is 1. The Labute approximate surface area is 78.8 Å². The van der Waals surface area contributed by atoms with Crippen molar-refractivity contribution in [1.29, 1.82) is 0 Å². The van der Waals surface area contributed by atoms with Gasteiger partial charge in [0.1, 0.15) is 6.61 Å². The fourth-order valence-electron chi connectivity index (χ4n) is 1.48. The number of carbonyl (C=O) groups excluding carboxylic acids is 1. The lowest BCUT2D eigenvalue weighted by molar-refractivity contribution is -0.123. The summed E-state index contributed by atoms with van der Waals surface area (Å²) in [4.78, 5) is 13.2. The zero-order valence-corrected chi connectivity index (χ0v) is 8.28. The Balaban J connectivity index is 2.22. The van der Waals surface area contributed by atoms with Crippen molar-refractivity contribution in [3.63, 3.8) is 0 Å². The first-order valence-electron chi connectivity index (χ1n) is 4.52. The quantitative estimate of drug-likeness (QED) is 0.603. The minimum atomic E-state index is 0.122. The molecule has 0 bridgehead atoms. The molecule has 4 nitrogen and oxygen atoms in total. The molecule has 0 aliphatic carbocycles. The molecule has 1 fully saturated rings. The van der Waals surface area contributed by atoms with Crippen molar-refractivity contribution in [2.75, 3.05) is 40.5 Å². The summed E-state index contributed by atoms with van der Waals surface area (Å²) in [5, 5.41) is 0. The molecule has 0 radical (unpaired) electrons. The number of hydrogen-bond acceptors (Lipinski definition) is 4. The summed E-state index contributed by atoms with van der Waals surface area (Å²) >= 11 is 0. The number of ketones is 1. The summed E-state index contributed by atoms with van der Waals surface area (Å²) in [7, 11) is 3.49. The van der Waals surface area contributed by atoms with E-state index in [9.17, 15) is 4.79 Å². The van der Waals surface area contributed by atoms with E-state index in [1.165, 1.54) is 7.11 Å². The Bertz CT molecular complexity index is 166. The highest BCUT2D eigenvalue weighted by Gasteiger charge is 2.21. The highest BCUT2D eigenvalue weighted by molar-refractivity contribution is 5.81. The first kappa shape index (κ1) is 10.6. The predicted molar refractivity (Wildman–Crippen MR) is 48.7 cm³/mol.